The van der Waals surface area contributed by atoms with Crippen LogP contribution in [0.4, 0.5) is 5.69 Å². The Bertz CT molecular complexity index is 583. The summed E-state index contributed by atoms with van der Waals surface area (Å²) in [6.45, 7) is 1.95. The van der Waals surface area contributed by atoms with Gasteiger partial charge in [-0.2, -0.15) is 0 Å². The van der Waals surface area contributed by atoms with Gasteiger partial charge in [0.15, 0.2) is 5.11 Å². The van der Waals surface area contributed by atoms with Crippen LogP contribution in [0.1, 0.15) is 26.2 Å². The Hall–Kier alpha value is -1.86. The standard InChI is InChI=1S/C16H22ClN3O3S/c1-3-4-8-13(15(22)23-2)19-14(21)10-18-16(24)20-12-9-6-5-7-11(12)17/h5-7,9,13H,3-4,8,10H2,1-2H3,(H,19,21)(H2,18,20,24). The van der Waals surface area contributed by atoms with Gasteiger partial charge in [0, 0.05) is 0 Å². The van der Waals surface area contributed by atoms with Gasteiger partial charge >= 0.3 is 5.97 Å². The van der Waals surface area contributed by atoms with E-state index in [0.29, 0.717) is 17.1 Å². The fraction of sp³-hybridized carbons (Fsp3) is 0.438. The van der Waals surface area contributed by atoms with Gasteiger partial charge in [0.25, 0.3) is 0 Å². The van der Waals surface area contributed by atoms with Crippen molar-refractivity contribution in [1.82, 2.24) is 10.6 Å². The van der Waals surface area contributed by atoms with E-state index in [0.717, 1.165) is 12.8 Å². The van der Waals surface area contributed by atoms with E-state index in [1.165, 1.54) is 7.11 Å². The van der Waals surface area contributed by atoms with Crippen molar-refractivity contribution < 1.29 is 14.3 Å². The van der Waals surface area contributed by atoms with Crippen molar-refractivity contribution >= 4 is 46.5 Å². The monoisotopic (exact) mass is 371 g/mol. The molecule has 1 aromatic carbocycles. The minimum atomic E-state index is -0.644. The van der Waals surface area contributed by atoms with E-state index in [1.54, 1.807) is 18.2 Å². The van der Waals surface area contributed by atoms with Crippen LogP contribution in [0, 0.1) is 0 Å². The van der Waals surface area contributed by atoms with Crippen LogP contribution < -0.4 is 16.0 Å². The van der Waals surface area contributed by atoms with E-state index in [9.17, 15) is 9.59 Å². The maximum Gasteiger partial charge on any atom is 0.328 e. The smallest absolute Gasteiger partial charge is 0.328 e. The Morgan fingerprint density at radius 1 is 1.33 bits per heavy atom. The molecule has 1 amide bonds. The molecular weight excluding hydrogens is 350 g/mol. The molecule has 1 atom stereocenters. The van der Waals surface area contributed by atoms with Crippen LogP contribution in [-0.2, 0) is 14.3 Å². The van der Waals surface area contributed by atoms with Crippen LogP contribution in [0.25, 0.3) is 0 Å². The van der Waals surface area contributed by atoms with Crippen LogP contribution >= 0.6 is 23.8 Å². The number of carbonyl (C=O) groups excluding carboxylic acids is 2. The fourth-order valence-electron chi connectivity index (χ4n) is 1.93. The second-order valence-electron chi connectivity index (χ2n) is 5.07. The van der Waals surface area contributed by atoms with E-state index >= 15 is 0 Å². The number of unbranched alkanes of at least 4 members (excludes halogenated alkanes) is 1. The van der Waals surface area contributed by atoms with Crippen molar-refractivity contribution in [2.24, 2.45) is 0 Å². The highest BCUT2D eigenvalue weighted by atomic mass is 35.5. The SMILES string of the molecule is CCCCC(NC(=O)CNC(=S)Nc1ccccc1Cl)C(=O)OC. The Morgan fingerprint density at radius 2 is 2.04 bits per heavy atom. The Kier molecular flexibility index (Phi) is 9.11. The maximum atomic E-state index is 12.0. The second kappa shape index (κ2) is 10.8. The maximum absolute atomic E-state index is 12.0. The van der Waals surface area contributed by atoms with Crippen molar-refractivity contribution in [2.45, 2.75) is 32.2 Å². The van der Waals surface area contributed by atoms with Crippen molar-refractivity contribution in [3.63, 3.8) is 0 Å². The molecule has 0 aliphatic rings. The molecule has 8 heteroatoms. The molecule has 0 bridgehead atoms. The Morgan fingerprint density at radius 3 is 2.67 bits per heavy atom. The molecule has 0 aliphatic carbocycles. The Balaban J connectivity index is 2.44. The molecule has 0 radical (unpaired) electrons. The lowest BCUT2D eigenvalue weighted by atomic mass is 10.1. The molecule has 0 aromatic heterocycles. The number of esters is 1. The van der Waals surface area contributed by atoms with Crippen molar-refractivity contribution in [3.05, 3.63) is 29.3 Å². The van der Waals surface area contributed by atoms with Gasteiger partial charge in [0.05, 0.1) is 24.4 Å². The lowest BCUT2D eigenvalue weighted by Gasteiger charge is -2.17. The number of anilines is 1. The largest absolute Gasteiger partial charge is 0.467 e. The highest BCUT2D eigenvalue weighted by molar-refractivity contribution is 7.80. The summed E-state index contributed by atoms with van der Waals surface area (Å²) in [7, 11) is 1.30. The molecule has 0 spiro atoms. The molecule has 0 aliphatic heterocycles. The average Bonchev–Trinajstić information content (AvgIpc) is 2.58. The summed E-state index contributed by atoms with van der Waals surface area (Å²) in [6.07, 6.45) is 2.28. The molecule has 0 saturated carbocycles. The number of halogens is 1. The van der Waals surface area contributed by atoms with Gasteiger partial charge in [-0.1, -0.05) is 43.5 Å². The molecule has 6 nitrogen and oxygen atoms in total. The molecule has 1 aromatic rings. The molecule has 1 unspecified atom stereocenters. The lowest BCUT2D eigenvalue weighted by molar-refractivity contribution is -0.145. The van der Waals surface area contributed by atoms with Gasteiger partial charge in [0.2, 0.25) is 5.91 Å². The number of hydrogen-bond donors (Lipinski definition) is 3. The molecule has 0 heterocycles. The topological polar surface area (TPSA) is 79.5 Å². The fourth-order valence-corrected chi connectivity index (χ4v) is 2.30. The average molecular weight is 372 g/mol. The van der Waals surface area contributed by atoms with Crippen molar-refractivity contribution in [2.75, 3.05) is 19.0 Å². The van der Waals surface area contributed by atoms with Crippen LogP contribution in [0.5, 0.6) is 0 Å². The third kappa shape index (κ3) is 7.14. The minimum Gasteiger partial charge on any atom is -0.467 e. The first kappa shape index (κ1) is 20.2. The molecule has 3 N–H and O–H groups in total. The van der Waals surface area contributed by atoms with Gasteiger partial charge < -0.3 is 20.7 Å². The van der Waals surface area contributed by atoms with Crippen molar-refractivity contribution in [3.8, 4) is 0 Å². The third-order valence-corrected chi connectivity index (χ3v) is 3.77. The van der Waals surface area contributed by atoms with E-state index in [1.807, 2.05) is 13.0 Å². The molecule has 0 saturated heterocycles. The highest BCUT2D eigenvalue weighted by Gasteiger charge is 2.20. The van der Waals surface area contributed by atoms with Gasteiger partial charge in [-0.25, -0.2) is 4.79 Å². The molecule has 0 fully saturated rings. The van der Waals surface area contributed by atoms with E-state index in [4.69, 9.17) is 28.6 Å². The number of nitrogens with one attached hydrogen (secondary N) is 3. The number of rotatable bonds is 8. The third-order valence-electron chi connectivity index (χ3n) is 3.20. The number of benzene rings is 1. The van der Waals surface area contributed by atoms with E-state index < -0.39 is 12.0 Å². The first-order chi connectivity index (χ1) is 11.5. The van der Waals surface area contributed by atoms with Gasteiger partial charge in [0.1, 0.15) is 6.04 Å². The number of carbonyl (C=O) groups is 2. The Labute approximate surface area is 152 Å². The van der Waals surface area contributed by atoms with Gasteiger partial charge in [-0.15, -0.1) is 0 Å². The van der Waals surface area contributed by atoms with Crippen LogP contribution in [0.15, 0.2) is 24.3 Å². The van der Waals surface area contributed by atoms with Crippen LogP contribution in [0.2, 0.25) is 5.02 Å². The van der Waals surface area contributed by atoms with E-state index in [-0.39, 0.29) is 17.6 Å². The number of amides is 1. The first-order valence-corrected chi connectivity index (χ1v) is 8.43. The summed E-state index contributed by atoms with van der Waals surface area (Å²) in [5, 5.41) is 9.11. The number of ether oxygens (including phenoxy) is 1. The highest BCUT2D eigenvalue weighted by Crippen LogP contribution is 2.19. The summed E-state index contributed by atoms with van der Waals surface area (Å²) in [5.74, 6) is -0.793. The zero-order valence-electron chi connectivity index (χ0n) is 13.7. The summed E-state index contributed by atoms with van der Waals surface area (Å²) in [4.78, 5) is 23.6. The van der Waals surface area contributed by atoms with E-state index in [2.05, 4.69) is 16.0 Å². The number of hydrogen-bond acceptors (Lipinski definition) is 4. The zero-order valence-corrected chi connectivity index (χ0v) is 15.3. The number of para-hydroxylation sites is 1. The van der Waals surface area contributed by atoms with Crippen molar-refractivity contribution in [1.29, 1.82) is 0 Å². The number of methoxy groups -OCH3 is 1. The molecule has 132 valence electrons. The van der Waals surface area contributed by atoms with Crippen LogP contribution in [-0.4, -0.2) is 36.7 Å². The normalized spacial score (nSPS) is 11.3. The van der Waals surface area contributed by atoms with Gasteiger partial charge in [-0.3, -0.25) is 4.79 Å². The summed E-state index contributed by atoms with van der Waals surface area (Å²) in [5.41, 5.74) is 0.646. The molecule has 24 heavy (non-hydrogen) atoms. The van der Waals surface area contributed by atoms with Gasteiger partial charge in [-0.05, 0) is 30.8 Å². The first-order valence-electron chi connectivity index (χ1n) is 7.64. The lowest BCUT2D eigenvalue weighted by Crippen LogP contribution is -2.46. The second-order valence-corrected chi connectivity index (χ2v) is 5.89. The molecular formula is C16H22ClN3O3S. The summed E-state index contributed by atoms with van der Waals surface area (Å²) in [6, 6.07) is 6.48. The molecule has 1 rings (SSSR count). The number of thiocarbonyl (C=S) groups is 1. The summed E-state index contributed by atoms with van der Waals surface area (Å²) >= 11 is 11.1. The zero-order chi connectivity index (χ0) is 17.9. The van der Waals surface area contributed by atoms with Crippen LogP contribution in [0.3, 0.4) is 0 Å². The quantitative estimate of drug-likeness (QED) is 0.481. The predicted octanol–water partition coefficient (Wildman–Crippen LogP) is 2.47. The predicted molar refractivity (Wildman–Crippen MR) is 99.1 cm³/mol. The summed E-state index contributed by atoms with van der Waals surface area (Å²) < 4.78 is 4.70. The minimum absolute atomic E-state index is 0.0596.